The van der Waals surface area contributed by atoms with Gasteiger partial charge in [-0.05, 0) is 24.1 Å². The van der Waals surface area contributed by atoms with Crippen molar-refractivity contribution < 1.29 is 9.90 Å². The molecule has 16 heavy (non-hydrogen) atoms. The minimum Gasteiger partial charge on any atom is -0.394 e. The van der Waals surface area contributed by atoms with Gasteiger partial charge in [0, 0.05) is 11.0 Å². The summed E-state index contributed by atoms with van der Waals surface area (Å²) in [5, 5.41) is 11.3. The van der Waals surface area contributed by atoms with Gasteiger partial charge >= 0.3 is 0 Å². The maximum absolute atomic E-state index is 11.2. The monoisotopic (exact) mass is 286 g/mol. The molecule has 4 N–H and O–H groups in total. The molecule has 1 atom stereocenters. The summed E-state index contributed by atoms with van der Waals surface area (Å²) in [5.41, 5.74) is 6.48. The van der Waals surface area contributed by atoms with Gasteiger partial charge in [-0.25, -0.2) is 0 Å². The number of hydrogen-bond donors (Lipinski definition) is 3. The standard InChI is InChI=1S/C11H15BrN2O2/c12-9-3-1-2-8(6-9)4-5-14-11(16)10(13)7-15/h1-3,6,10,15H,4-5,7,13H2,(H,14,16). The number of benzene rings is 1. The average Bonchev–Trinajstić information content (AvgIpc) is 2.28. The van der Waals surface area contributed by atoms with Gasteiger partial charge in [-0.3, -0.25) is 4.79 Å². The van der Waals surface area contributed by atoms with Crippen molar-refractivity contribution >= 4 is 21.8 Å². The third-order valence-corrected chi connectivity index (χ3v) is 2.63. The second-order valence-corrected chi connectivity index (χ2v) is 4.38. The van der Waals surface area contributed by atoms with E-state index in [1.807, 2.05) is 24.3 Å². The third-order valence-electron chi connectivity index (χ3n) is 2.14. The van der Waals surface area contributed by atoms with Gasteiger partial charge in [0.05, 0.1) is 6.61 Å². The smallest absolute Gasteiger partial charge is 0.239 e. The van der Waals surface area contributed by atoms with E-state index in [-0.39, 0.29) is 12.5 Å². The number of nitrogens with two attached hydrogens (primary N) is 1. The summed E-state index contributed by atoms with van der Waals surface area (Å²) in [4.78, 5) is 11.2. The van der Waals surface area contributed by atoms with Gasteiger partial charge in [0.15, 0.2) is 0 Å². The molecule has 1 rings (SSSR count). The van der Waals surface area contributed by atoms with Crippen LogP contribution in [-0.2, 0) is 11.2 Å². The fourth-order valence-electron chi connectivity index (χ4n) is 1.24. The molecule has 0 saturated carbocycles. The Kier molecular flexibility index (Phi) is 5.45. The number of carbonyl (C=O) groups is 1. The van der Waals surface area contributed by atoms with Gasteiger partial charge in [-0.1, -0.05) is 28.1 Å². The number of aliphatic hydroxyl groups excluding tert-OH is 1. The van der Waals surface area contributed by atoms with Gasteiger partial charge < -0.3 is 16.2 Å². The number of carbonyl (C=O) groups excluding carboxylic acids is 1. The molecule has 0 bridgehead atoms. The lowest BCUT2D eigenvalue weighted by atomic mass is 10.1. The van der Waals surface area contributed by atoms with Gasteiger partial charge in [0.1, 0.15) is 6.04 Å². The Hall–Kier alpha value is -0.910. The van der Waals surface area contributed by atoms with Gasteiger partial charge in [0.2, 0.25) is 5.91 Å². The van der Waals surface area contributed by atoms with Crippen LogP contribution in [0.5, 0.6) is 0 Å². The molecule has 1 unspecified atom stereocenters. The van der Waals surface area contributed by atoms with Gasteiger partial charge in [-0.15, -0.1) is 0 Å². The summed E-state index contributed by atoms with van der Waals surface area (Å²) >= 11 is 3.38. The molecule has 0 radical (unpaired) electrons. The van der Waals surface area contributed by atoms with Crippen molar-refractivity contribution in [2.45, 2.75) is 12.5 Å². The zero-order chi connectivity index (χ0) is 12.0. The minimum absolute atomic E-state index is 0.322. The predicted octanol–water partition coefficient (Wildman–Crippen LogP) is 0.427. The second kappa shape index (κ2) is 6.62. The lowest BCUT2D eigenvalue weighted by molar-refractivity contribution is -0.123. The Bertz CT molecular complexity index is 358. The lowest BCUT2D eigenvalue weighted by Gasteiger charge is -2.09. The number of hydrogen-bond acceptors (Lipinski definition) is 3. The van der Waals surface area contributed by atoms with E-state index in [0.29, 0.717) is 6.54 Å². The molecule has 5 heteroatoms. The highest BCUT2D eigenvalue weighted by molar-refractivity contribution is 9.10. The van der Waals surface area contributed by atoms with E-state index in [4.69, 9.17) is 10.8 Å². The van der Waals surface area contributed by atoms with Gasteiger partial charge in [-0.2, -0.15) is 0 Å². The van der Waals surface area contributed by atoms with Crippen molar-refractivity contribution in [3.8, 4) is 0 Å². The molecule has 0 fully saturated rings. The topological polar surface area (TPSA) is 75.3 Å². The van der Waals surface area contributed by atoms with Crippen molar-refractivity contribution in [1.82, 2.24) is 5.32 Å². The highest BCUT2D eigenvalue weighted by Gasteiger charge is 2.10. The summed E-state index contributed by atoms with van der Waals surface area (Å²) in [6.07, 6.45) is 0.739. The molecule has 88 valence electrons. The first-order valence-corrected chi connectivity index (χ1v) is 5.81. The molecule has 0 aliphatic rings. The van der Waals surface area contributed by atoms with E-state index in [1.54, 1.807) is 0 Å². The lowest BCUT2D eigenvalue weighted by Crippen LogP contribution is -2.43. The first-order valence-electron chi connectivity index (χ1n) is 5.02. The van der Waals surface area contributed by atoms with E-state index < -0.39 is 6.04 Å². The van der Waals surface area contributed by atoms with Crippen LogP contribution < -0.4 is 11.1 Å². The molecule has 1 aromatic carbocycles. The molecule has 0 saturated heterocycles. The number of aliphatic hydroxyl groups is 1. The van der Waals surface area contributed by atoms with Crippen LogP contribution >= 0.6 is 15.9 Å². The average molecular weight is 287 g/mol. The van der Waals surface area contributed by atoms with Crippen LogP contribution in [0.4, 0.5) is 0 Å². The van der Waals surface area contributed by atoms with Crippen LogP contribution in [0, 0.1) is 0 Å². The third kappa shape index (κ3) is 4.30. The molecular weight excluding hydrogens is 272 g/mol. The SMILES string of the molecule is NC(CO)C(=O)NCCc1cccc(Br)c1. The van der Waals surface area contributed by atoms with E-state index in [9.17, 15) is 4.79 Å². The molecule has 4 nitrogen and oxygen atoms in total. The maximum atomic E-state index is 11.2. The van der Waals surface area contributed by atoms with Crippen LogP contribution in [0.1, 0.15) is 5.56 Å². The summed E-state index contributed by atoms with van der Waals surface area (Å²) in [6.45, 7) is 0.186. The molecule has 0 aliphatic carbocycles. The highest BCUT2D eigenvalue weighted by Crippen LogP contribution is 2.11. The summed E-state index contributed by atoms with van der Waals surface area (Å²) in [5.74, 6) is -0.322. The Morgan fingerprint density at radius 2 is 2.31 bits per heavy atom. The second-order valence-electron chi connectivity index (χ2n) is 3.46. The van der Waals surface area contributed by atoms with E-state index in [2.05, 4.69) is 21.2 Å². The molecule has 0 aliphatic heterocycles. The molecule has 0 spiro atoms. The fraction of sp³-hybridized carbons (Fsp3) is 0.364. The number of nitrogens with one attached hydrogen (secondary N) is 1. The summed E-state index contributed by atoms with van der Waals surface area (Å²) in [6, 6.07) is 7.05. The van der Waals surface area contributed by atoms with Crippen LogP contribution in [0.15, 0.2) is 28.7 Å². The molecule has 0 heterocycles. The first-order chi connectivity index (χ1) is 7.63. The van der Waals surface area contributed by atoms with Gasteiger partial charge in [0.25, 0.3) is 0 Å². The Morgan fingerprint density at radius 1 is 1.56 bits per heavy atom. The van der Waals surface area contributed by atoms with E-state index in [1.165, 1.54) is 0 Å². The van der Waals surface area contributed by atoms with Crippen molar-refractivity contribution in [1.29, 1.82) is 0 Å². The number of halogens is 1. The van der Waals surface area contributed by atoms with Crippen molar-refractivity contribution in [3.05, 3.63) is 34.3 Å². The highest BCUT2D eigenvalue weighted by atomic mass is 79.9. The normalized spacial score (nSPS) is 12.2. The number of amides is 1. The summed E-state index contributed by atoms with van der Waals surface area (Å²) < 4.78 is 1.02. The van der Waals surface area contributed by atoms with Crippen LogP contribution in [0.2, 0.25) is 0 Å². The quantitative estimate of drug-likeness (QED) is 0.735. The van der Waals surface area contributed by atoms with E-state index in [0.717, 1.165) is 16.5 Å². The minimum atomic E-state index is -0.831. The fourth-order valence-corrected chi connectivity index (χ4v) is 1.68. The van der Waals surface area contributed by atoms with Crippen molar-refractivity contribution in [3.63, 3.8) is 0 Å². The summed E-state index contributed by atoms with van der Waals surface area (Å²) in [7, 11) is 0. The first kappa shape index (κ1) is 13.2. The van der Waals surface area contributed by atoms with E-state index >= 15 is 0 Å². The van der Waals surface area contributed by atoms with Crippen LogP contribution in [0.25, 0.3) is 0 Å². The van der Waals surface area contributed by atoms with Crippen molar-refractivity contribution in [2.75, 3.05) is 13.2 Å². The van der Waals surface area contributed by atoms with Crippen molar-refractivity contribution in [2.24, 2.45) is 5.73 Å². The largest absolute Gasteiger partial charge is 0.394 e. The Labute approximate surface area is 103 Å². The molecule has 1 aromatic rings. The molecular formula is C11H15BrN2O2. The number of rotatable bonds is 5. The Morgan fingerprint density at radius 3 is 2.94 bits per heavy atom. The zero-order valence-corrected chi connectivity index (χ0v) is 10.4. The Balaban J connectivity index is 2.33. The van der Waals surface area contributed by atoms with Crippen LogP contribution in [-0.4, -0.2) is 30.2 Å². The van der Waals surface area contributed by atoms with Crippen LogP contribution in [0.3, 0.4) is 0 Å². The zero-order valence-electron chi connectivity index (χ0n) is 8.82. The predicted molar refractivity (Wildman–Crippen MR) is 65.9 cm³/mol. The maximum Gasteiger partial charge on any atom is 0.239 e. The molecule has 0 aromatic heterocycles. The molecule has 1 amide bonds.